The molecule has 0 saturated carbocycles. The third-order valence-corrected chi connectivity index (χ3v) is 5.88. The van der Waals surface area contributed by atoms with Gasteiger partial charge in [0.15, 0.2) is 5.96 Å². The summed E-state index contributed by atoms with van der Waals surface area (Å²) < 4.78 is 1.96. The van der Waals surface area contributed by atoms with Crippen LogP contribution in [0, 0.1) is 13.8 Å². The molecule has 0 spiro atoms. The van der Waals surface area contributed by atoms with Crippen LogP contribution >= 0.6 is 0 Å². The predicted molar refractivity (Wildman–Crippen MR) is 118 cm³/mol. The van der Waals surface area contributed by atoms with Crippen LogP contribution in [0.1, 0.15) is 43.6 Å². The Balaban J connectivity index is 1.63. The SMILES string of the molecule is CCN1CCN(CCCCNC(=NC)NC(C)Cc2c(C)nn(C)c2C)CC1. The average Bonchev–Trinajstić information content (AvgIpc) is 2.93. The monoisotopic (exact) mass is 391 g/mol. The number of unbranched alkanes of at least 4 members (excludes halogenated alkanes) is 1. The number of hydrogen-bond acceptors (Lipinski definition) is 4. The van der Waals surface area contributed by atoms with Gasteiger partial charge in [0.05, 0.1) is 5.69 Å². The van der Waals surface area contributed by atoms with E-state index in [1.54, 1.807) is 0 Å². The molecule has 1 aliphatic heterocycles. The molecule has 1 fully saturated rings. The summed E-state index contributed by atoms with van der Waals surface area (Å²) in [7, 11) is 3.85. The van der Waals surface area contributed by atoms with Crippen molar-refractivity contribution in [2.75, 3.05) is 52.9 Å². The number of guanidine groups is 1. The number of nitrogens with one attached hydrogen (secondary N) is 2. The molecule has 1 saturated heterocycles. The minimum Gasteiger partial charge on any atom is -0.356 e. The third kappa shape index (κ3) is 6.78. The highest BCUT2D eigenvalue weighted by molar-refractivity contribution is 5.79. The van der Waals surface area contributed by atoms with Crippen molar-refractivity contribution in [1.82, 2.24) is 30.2 Å². The van der Waals surface area contributed by atoms with Crippen molar-refractivity contribution in [1.29, 1.82) is 0 Å². The van der Waals surface area contributed by atoms with Gasteiger partial charge in [0.1, 0.15) is 0 Å². The van der Waals surface area contributed by atoms with Gasteiger partial charge in [0.25, 0.3) is 0 Å². The van der Waals surface area contributed by atoms with Gasteiger partial charge in [-0.25, -0.2) is 0 Å². The number of hydrogen-bond donors (Lipinski definition) is 2. The molecule has 28 heavy (non-hydrogen) atoms. The summed E-state index contributed by atoms with van der Waals surface area (Å²) in [5.74, 6) is 0.892. The van der Waals surface area contributed by atoms with E-state index in [4.69, 9.17) is 0 Å². The Morgan fingerprint density at radius 1 is 1.14 bits per heavy atom. The van der Waals surface area contributed by atoms with E-state index in [9.17, 15) is 0 Å². The zero-order chi connectivity index (χ0) is 20.5. The maximum absolute atomic E-state index is 4.52. The lowest BCUT2D eigenvalue weighted by atomic mass is 10.1. The van der Waals surface area contributed by atoms with Gasteiger partial charge in [-0.15, -0.1) is 0 Å². The van der Waals surface area contributed by atoms with Gasteiger partial charge in [0, 0.05) is 58.6 Å². The van der Waals surface area contributed by atoms with Crippen LogP contribution in [-0.2, 0) is 13.5 Å². The Kier molecular flexibility index (Phi) is 9.25. The minimum absolute atomic E-state index is 0.308. The number of aromatic nitrogens is 2. The molecule has 2 N–H and O–H groups in total. The molecule has 160 valence electrons. The van der Waals surface area contributed by atoms with Crippen molar-refractivity contribution in [3.8, 4) is 0 Å². The van der Waals surface area contributed by atoms with Crippen LogP contribution in [0.25, 0.3) is 0 Å². The van der Waals surface area contributed by atoms with E-state index < -0.39 is 0 Å². The van der Waals surface area contributed by atoms with E-state index in [2.05, 4.69) is 58.2 Å². The highest BCUT2D eigenvalue weighted by Crippen LogP contribution is 2.14. The van der Waals surface area contributed by atoms with Gasteiger partial charge in [0.2, 0.25) is 0 Å². The molecule has 0 aliphatic carbocycles. The number of aryl methyl sites for hydroxylation is 2. The van der Waals surface area contributed by atoms with E-state index in [1.165, 1.54) is 63.4 Å². The molecule has 1 aliphatic rings. The Bertz CT molecular complexity index is 615. The number of piperazine rings is 1. The number of likely N-dealkylation sites (N-methyl/N-ethyl adjacent to an activating group) is 1. The second kappa shape index (κ2) is 11.4. The second-order valence-electron chi connectivity index (χ2n) is 8.00. The molecule has 0 bridgehead atoms. The van der Waals surface area contributed by atoms with Crippen molar-refractivity contribution < 1.29 is 0 Å². The van der Waals surface area contributed by atoms with Crippen LogP contribution in [0.15, 0.2) is 4.99 Å². The van der Waals surface area contributed by atoms with Crippen molar-refractivity contribution in [3.63, 3.8) is 0 Å². The van der Waals surface area contributed by atoms with Crippen molar-refractivity contribution in [2.24, 2.45) is 12.0 Å². The summed E-state index contributed by atoms with van der Waals surface area (Å²) in [5.41, 5.74) is 3.70. The molecule has 2 heterocycles. The summed E-state index contributed by atoms with van der Waals surface area (Å²) in [5, 5.41) is 11.5. The first-order chi connectivity index (χ1) is 13.4. The van der Waals surface area contributed by atoms with E-state index in [-0.39, 0.29) is 0 Å². The molecule has 7 nitrogen and oxygen atoms in total. The summed E-state index contributed by atoms with van der Waals surface area (Å²) in [6.45, 7) is 16.9. The maximum atomic E-state index is 4.52. The van der Waals surface area contributed by atoms with Gasteiger partial charge in [-0.2, -0.15) is 5.10 Å². The summed E-state index contributed by atoms with van der Waals surface area (Å²) in [4.78, 5) is 9.51. The van der Waals surface area contributed by atoms with Gasteiger partial charge in [-0.1, -0.05) is 6.92 Å². The fourth-order valence-corrected chi connectivity index (χ4v) is 3.89. The molecule has 7 heteroatoms. The normalized spacial score (nSPS) is 17.7. The van der Waals surface area contributed by atoms with Gasteiger partial charge in [-0.3, -0.25) is 9.67 Å². The van der Waals surface area contributed by atoms with Crippen molar-refractivity contribution in [3.05, 3.63) is 17.0 Å². The topological polar surface area (TPSA) is 60.7 Å². The zero-order valence-electron chi connectivity index (χ0n) is 18.9. The largest absolute Gasteiger partial charge is 0.356 e. The molecule has 1 aromatic rings. The highest BCUT2D eigenvalue weighted by Gasteiger charge is 2.15. The first-order valence-electron chi connectivity index (χ1n) is 10.9. The van der Waals surface area contributed by atoms with E-state index >= 15 is 0 Å². The van der Waals surface area contributed by atoms with Crippen molar-refractivity contribution >= 4 is 5.96 Å². The van der Waals surface area contributed by atoms with Crippen LogP contribution in [-0.4, -0.2) is 84.4 Å². The average molecular weight is 392 g/mol. The number of rotatable bonds is 9. The third-order valence-electron chi connectivity index (χ3n) is 5.88. The van der Waals surface area contributed by atoms with Crippen LogP contribution in [0.2, 0.25) is 0 Å². The Morgan fingerprint density at radius 3 is 2.39 bits per heavy atom. The van der Waals surface area contributed by atoms with Crippen LogP contribution in [0.3, 0.4) is 0 Å². The fourth-order valence-electron chi connectivity index (χ4n) is 3.89. The lowest BCUT2D eigenvalue weighted by Crippen LogP contribution is -2.46. The Labute approximate surface area is 171 Å². The fraction of sp³-hybridized carbons (Fsp3) is 0.810. The van der Waals surface area contributed by atoms with Crippen LogP contribution in [0.5, 0.6) is 0 Å². The summed E-state index contributed by atoms with van der Waals surface area (Å²) in [6, 6.07) is 0.308. The minimum atomic E-state index is 0.308. The Hall–Kier alpha value is -1.60. The summed E-state index contributed by atoms with van der Waals surface area (Å²) >= 11 is 0. The van der Waals surface area contributed by atoms with Crippen LogP contribution in [0.4, 0.5) is 0 Å². The standard InChI is InChI=1S/C21H41N7/c1-7-27-12-14-28(15-13-27)11-9-8-10-23-21(22-5)24-17(2)16-20-18(3)25-26(6)19(20)4/h17H,7-16H2,1-6H3,(H2,22,23,24). The molecular weight excluding hydrogens is 350 g/mol. The highest BCUT2D eigenvalue weighted by atomic mass is 15.3. The Morgan fingerprint density at radius 2 is 1.82 bits per heavy atom. The van der Waals surface area contributed by atoms with E-state index in [0.29, 0.717) is 6.04 Å². The summed E-state index contributed by atoms with van der Waals surface area (Å²) in [6.07, 6.45) is 3.36. The first kappa shape index (κ1) is 22.7. The molecule has 0 amide bonds. The maximum Gasteiger partial charge on any atom is 0.191 e. The zero-order valence-corrected chi connectivity index (χ0v) is 18.9. The molecular formula is C21H41N7. The molecule has 2 rings (SSSR count). The lowest BCUT2D eigenvalue weighted by Gasteiger charge is -2.34. The molecule has 0 radical (unpaired) electrons. The van der Waals surface area contributed by atoms with E-state index in [0.717, 1.165) is 24.6 Å². The van der Waals surface area contributed by atoms with E-state index in [1.807, 2.05) is 18.8 Å². The van der Waals surface area contributed by atoms with Gasteiger partial charge < -0.3 is 20.4 Å². The van der Waals surface area contributed by atoms with Gasteiger partial charge in [-0.05, 0) is 58.7 Å². The predicted octanol–water partition coefficient (Wildman–Crippen LogP) is 1.55. The molecule has 1 unspecified atom stereocenters. The van der Waals surface area contributed by atoms with Crippen molar-refractivity contribution in [2.45, 2.75) is 53.0 Å². The second-order valence-corrected chi connectivity index (χ2v) is 8.00. The van der Waals surface area contributed by atoms with Crippen LogP contribution < -0.4 is 10.6 Å². The molecule has 0 aromatic carbocycles. The smallest absolute Gasteiger partial charge is 0.191 e. The first-order valence-corrected chi connectivity index (χ1v) is 10.9. The quantitative estimate of drug-likeness (QED) is 0.380. The molecule has 1 atom stereocenters. The number of aliphatic imine (C=N–C) groups is 1. The molecule has 1 aromatic heterocycles. The van der Waals surface area contributed by atoms with Gasteiger partial charge >= 0.3 is 0 Å². The lowest BCUT2D eigenvalue weighted by molar-refractivity contribution is 0.136. The number of nitrogens with zero attached hydrogens (tertiary/aromatic N) is 5.